The molecule has 2 nitrogen and oxygen atoms in total. The summed E-state index contributed by atoms with van der Waals surface area (Å²) < 4.78 is 7.71. The van der Waals surface area contributed by atoms with Crippen LogP contribution in [0.25, 0.3) is 0 Å². The molecule has 0 fully saturated rings. The van der Waals surface area contributed by atoms with Gasteiger partial charge in [-0.15, -0.1) is 0 Å². The molecular formula is C15H14Br2O2. The zero-order chi connectivity index (χ0) is 14.0. The number of ether oxygens (including phenoxy) is 1. The van der Waals surface area contributed by atoms with Gasteiger partial charge in [0.05, 0.1) is 10.6 Å². The smallest absolute Gasteiger partial charge is 0.141 e. The maximum atomic E-state index is 9.53. The van der Waals surface area contributed by atoms with E-state index < -0.39 is 6.10 Å². The van der Waals surface area contributed by atoms with Gasteiger partial charge in [0.1, 0.15) is 11.5 Å². The van der Waals surface area contributed by atoms with E-state index in [0.29, 0.717) is 0 Å². The predicted molar refractivity (Wildman–Crippen MR) is 83.7 cm³/mol. The number of aliphatic hydroxyl groups excluding tert-OH is 1. The van der Waals surface area contributed by atoms with E-state index >= 15 is 0 Å². The minimum atomic E-state index is -0.486. The lowest BCUT2D eigenvalue weighted by atomic mass is 10.1. The van der Waals surface area contributed by atoms with Gasteiger partial charge in [-0.05, 0) is 71.2 Å². The van der Waals surface area contributed by atoms with Crippen molar-refractivity contribution < 1.29 is 9.84 Å². The zero-order valence-electron chi connectivity index (χ0n) is 10.7. The summed E-state index contributed by atoms with van der Waals surface area (Å²) >= 11 is 6.92. The number of hydrogen-bond acceptors (Lipinski definition) is 2. The molecule has 0 bridgehead atoms. The number of hydrogen-bond donors (Lipinski definition) is 1. The maximum Gasteiger partial charge on any atom is 0.141 e. The second-order valence-electron chi connectivity index (χ2n) is 4.38. The Balaban J connectivity index is 2.25. The summed E-state index contributed by atoms with van der Waals surface area (Å²) in [5.41, 5.74) is 1.97. The van der Waals surface area contributed by atoms with Crippen LogP contribution in [-0.2, 0) is 0 Å². The fraction of sp³-hybridized carbons (Fsp3) is 0.200. The Morgan fingerprint density at radius 2 is 1.79 bits per heavy atom. The summed E-state index contributed by atoms with van der Waals surface area (Å²) in [6.45, 7) is 3.75. The lowest BCUT2D eigenvalue weighted by Crippen LogP contribution is -1.92. The van der Waals surface area contributed by atoms with Crippen molar-refractivity contribution in [2.75, 3.05) is 0 Å². The molecule has 4 heteroatoms. The van der Waals surface area contributed by atoms with Crippen LogP contribution in [0, 0.1) is 6.92 Å². The van der Waals surface area contributed by atoms with Crippen LogP contribution in [0.4, 0.5) is 0 Å². The SMILES string of the molecule is Cc1cc(Oc2ccc(C(C)O)cc2Br)ccc1Br. The van der Waals surface area contributed by atoms with E-state index in [9.17, 15) is 5.11 Å². The molecule has 0 radical (unpaired) electrons. The van der Waals surface area contributed by atoms with Gasteiger partial charge in [0.15, 0.2) is 0 Å². The molecule has 0 aliphatic heterocycles. The molecule has 1 unspecified atom stereocenters. The highest BCUT2D eigenvalue weighted by Crippen LogP contribution is 2.33. The lowest BCUT2D eigenvalue weighted by Gasteiger charge is -2.11. The fourth-order valence-corrected chi connectivity index (χ4v) is 2.39. The first-order valence-corrected chi connectivity index (χ1v) is 7.47. The molecule has 1 atom stereocenters. The highest BCUT2D eigenvalue weighted by atomic mass is 79.9. The second-order valence-corrected chi connectivity index (χ2v) is 6.09. The Hall–Kier alpha value is -0.840. The third-order valence-corrected chi connectivity index (χ3v) is 4.31. The van der Waals surface area contributed by atoms with Gasteiger partial charge in [-0.1, -0.05) is 22.0 Å². The average Bonchev–Trinajstić information content (AvgIpc) is 2.36. The van der Waals surface area contributed by atoms with Crippen molar-refractivity contribution in [3.8, 4) is 11.5 Å². The molecule has 0 amide bonds. The van der Waals surface area contributed by atoms with E-state index in [1.54, 1.807) is 6.92 Å². The van der Waals surface area contributed by atoms with Crippen LogP contribution in [0.15, 0.2) is 45.3 Å². The highest BCUT2D eigenvalue weighted by Gasteiger charge is 2.07. The molecule has 19 heavy (non-hydrogen) atoms. The van der Waals surface area contributed by atoms with Crippen molar-refractivity contribution in [3.63, 3.8) is 0 Å². The molecule has 0 aromatic heterocycles. The molecule has 2 aromatic rings. The molecule has 2 rings (SSSR count). The number of halogens is 2. The monoisotopic (exact) mass is 384 g/mol. The van der Waals surface area contributed by atoms with Gasteiger partial charge in [-0.2, -0.15) is 0 Å². The van der Waals surface area contributed by atoms with Crippen LogP contribution in [0.1, 0.15) is 24.2 Å². The van der Waals surface area contributed by atoms with E-state index in [2.05, 4.69) is 31.9 Å². The number of aryl methyl sites for hydroxylation is 1. The Labute approximate surface area is 129 Å². The van der Waals surface area contributed by atoms with Gasteiger partial charge in [-0.3, -0.25) is 0 Å². The third-order valence-electron chi connectivity index (χ3n) is 2.80. The van der Waals surface area contributed by atoms with E-state index in [1.807, 2.05) is 43.3 Å². The van der Waals surface area contributed by atoms with E-state index in [-0.39, 0.29) is 0 Å². The highest BCUT2D eigenvalue weighted by molar-refractivity contribution is 9.10. The van der Waals surface area contributed by atoms with Crippen molar-refractivity contribution >= 4 is 31.9 Å². The van der Waals surface area contributed by atoms with Gasteiger partial charge in [-0.25, -0.2) is 0 Å². The van der Waals surface area contributed by atoms with Gasteiger partial charge < -0.3 is 9.84 Å². The van der Waals surface area contributed by atoms with Crippen molar-refractivity contribution in [3.05, 3.63) is 56.5 Å². The minimum Gasteiger partial charge on any atom is -0.456 e. The Bertz CT molecular complexity index is 595. The van der Waals surface area contributed by atoms with Crippen LogP contribution in [0.2, 0.25) is 0 Å². The predicted octanol–water partition coefficient (Wildman–Crippen LogP) is 5.37. The van der Waals surface area contributed by atoms with Gasteiger partial charge >= 0.3 is 0 Å². The lowest BCUT2D eigenvalue weighted by molar-refractivity contribution is 0.199. The topological polar surface area (TPSA) is 29.5 Å². The summed E-state index contributed by atoms with van der Waals surface area (Å²) in [6.07, 6.45) is -0.486. The van der Waals surface area contributed by atoms with Crippen LogP contribution in [0.3, 0.4) is 0 Å². The van der Waals surface area contributed by atoms with Gasteiger partial charge in [0.2, 0.25) is 0 Å². The molecule has 0 aliphatic rings. The molecule has 0 spiro atoms. The van der Waals surface area contributed by atoms with Gasteiger partial charge in [0.25, 0.3) is 0 Å². The van der Waals surface area contributed by atoms with Crippen molar-refractivity contribution in [2.24, 2.45) is 0 Å². The van der Waals surface area contributed by atoms with Crippen LogP contribution < -0.4 is 4.74 Å². The van der Waals surface area contributed by atoms with Crippen molar-refractivity contribution in [2.45, 2.75) is 20.0 Å². The van der Waals surface area contributed by atoms with Crippen LogP contribution >= 0.6 is 31.9 Å². The van der Waals surface area contributed by atoms with Crippen molar-refractivity contribution in [1.82, 2.24) is 0 Å². The molecule has 2 aromatic carbocycles. The van der Waals surface area contributed by atoms with E-state index in [1.165, 1.54) is 0 Å². The first kappa shape index (κ1) is 14.6. The summed E-state index contributed by atoms with van der Waals surface area (Å²) in [5.74, 6) is 1.51. The van der Waals surface area contributed by atoms with Crippen LogP contribution in [-0.4, -0.2) is 5.11 Å². The summed E-state index contributed by atoms with van der Waals surface area (Å²) in [5, 5.41) is 9.53. The minimum absolute atomic E-state index is 0.486. The summed E-state index contributed by atoms with van der Waals surface area (Å²) in [7, 11) is 0. The summed E-state index contributed by atoms with van der Waals surface area (Å²) in [4.78, 5) is 0. The molecule has 1 N–H and O–H groups in total. The number of benzene rings is 2. The molecule has 0 aliphatic carbocycles. The Kier molecular flexibility index (Phi) is 4.66. The molecular weight excluding hydrogens is 372 g/mol. The third kappa shape index (κ3) is 3.59. The Morgan fingerprint density at radius 1 is 1.05 bits per heavy atom. The average molecular weight is 386 g/mol. The quantitative estimate of drug-likeness (QED) is 0.769. The van der Waals surface area contributed by atoms with E-state index in [0.717, 1.165) is 31.6 Å². The standard InChI is InChI=1S/C15H14Br2O2/c1-9-7-12(4-5-13(9)16)19-15-6-3-11(10(2)18)8-14(15)17/h3-8,10,18H,1-2H3. The van der Waals surface area contributed by atoms with E-state index in [4.69, 9.17) is 4.74 Å². The first-order chi connectivity index (χ1) is 8.97. The summed E-state index contributed by atoms with van der Waals surface area (Å²) in [6, 6.07) is 11.4. The molecule has 0 heterocycles. The van der Waals surface area contributed by atoms with Crippen molar-refractivity contribution in [1.29, 1.82) is 0 Å². The number of rotatable bonds is 3. The second kappa shape index (κ2) is 6.07. The largest absolute Gasteiger partial charge is 0.456 e. The maximum absolute atomic E-state index is 9.53. The fourth-order valence-electron chi connectivity index (χ4n) is 1.67. The normalized spacial score (nSPS) is 12.3. The van der Waals surface area contributed by atoms with Crippen LogP contribution in [0.5, 0.6) is 11.5 Å². The Morgan fingerprint density at radius 3 is 2.37 bits per heavy atom. The molecule has 100 valence electrons. The molecule has 0 saturated heterocycles. The molecule has 0 saturated carbocycles. The number of aliphatic hydroxyl groups is 1. The first-order valence-electron chi connectivity index (χ1n) is 5.89. The zero-order valence-corrected chi connectivity index (χ0v) is 13.8. The van der Waals surface area contributed by atoms with Gasteiger partial charge in [0, 0.05) is 4.47 Å².